The van der Waals surface area contributed by atoms with Crippen LogP contribution in [0.4, 0.5) is 0 Å². The van der Waals surface area contributed by atoms with Gasteiger partial charge in [0.05, 0.1) is 4.90 Å². The molecule has 1 aliphatic rings. The van der Waals surface area contributed by atoms with E-state index in [1.807, 2.05) is 12.1 Å². The van der Waals surface area contributed by atoms with Crippen molar-refractivity contribution < 1.29 is 8.42 Å². The number of nitrogens with one attached hydrogen (secondary N) is 1. The Kier molecular flexibility index (Phi) is 3.30. The second kappa shape index (κ2) is 4.55. The van der Waals surface area contributed by atoms with Gasteiger partial charge in [0.15, 0.2) is 9.84 Å². The fraction of sp³-hybridized carbons (Fsp3) is 0.500. The van der Waals surface area contributed by atoms with Crippen molar-refractivity contribution in [3.63, 3.8) is 0 Å². The molecule has 1 fully saturated rings. The number of sulfone groups is 1. The van der Waals surface area contributed by atoms with Crippen LogP contribution < -0.4 is 5.32 Å². The summed E-state index contributed by atoms with van der Waals surface area (Å²) in [5.41, 5.74) is 1.18. The van der Waals surface area contributed by atoms with Gasteiger partial charge in [-0.05, 0) is 43.5 Å². The number of rotatable bonds is 5. The zero-order valence-corrected chi connectivity index (χ0v) is 10.3. The molecule has 0 aliphatic heterocycles. The molecule has 16 heavy (non-hydrogen) atoms. The van der Waals surface area contributed by atoms with E-state index in [0.29, 0.717) is 4.90 Å². The Labute approximate surface area is 96.8 Å². The fourth-order valence-corrected chi connectivity index (χ4v) is 2.24. The summed E-state index contributed by atoms with van der Waals surface area (Å²) in [5.74, 6) is 0. The van der Waals surface area contributed by atoms with Crippen molar-refractivity contribution in [3.8, 4) is 0 Å². The summed E-state index contributed by atoms with van der Waals surface area (Å²) >= 11 is 0. The summed E-state index contributed by atoms with van der Waals surface area (Å²) in [6, 6.07) is 7.88. The summed E-state index contributed by atoms with van der Waals surface area (Å²) in [6.45, 7) is 0.975. The Morgan fingerprint density at radius 3 is 2.38 bits per heavy atom. The van der Waals surface area contributed by atoms with Crippen LogP contribution in [0.2, 0.25) is 0 Å². The van der Waals surface area contributed by atoms with Gasteiger partial charge in [-0.2, -0.15) is 0 Å². The maximum atomic E-state index is 11.2. The van der Waals surface area contributed by atoms with Gasteiger partial charge in [0.2, 0.25) is 0 Å². The first-order chi connectivity index (χ1) is 7.55. The van der Waals surface area contributed by atoms with E-state index in [0.717, 1.165) is 19.0 Å². The number of hydrogen-bond acceptors (Lipinski definition) is 3. The number of benzene rings is 1. The lowest BCUT2D eigenvalue weighted by molar-refractivity contribution is 0.602. The lowest BCUT2D eigenvalue weighted by Gasteiger charge is -2.04. The quantitative estimate of drug-likeness (QED) is 0.844. The average molecular weight is 239 g/mol. The summed E-state index contributed by atoms with van der Waals surface area (Å²) < 4.78 is 22.5. The number of hydrogen-bond donors (Lipinski definition) is 1. The Morgan fingerprint density at radius 2 is 1.88 bits per heavy atom. The Bertz CT molecular complexity index is 446. The minimum absolute atomic E-state index is 0.395. The van der Waals surface area contributed by atoms with Crippen molar-refractivity contribution in [1.82, 2.24) is 5.32 Å². The van der Waals surface area contributed by atoms with E-state index >= 15 is 0 Å². The first kappa shape index (κ1) is 11.6. The predicted octanol–water partition coefficient (Wildman–Crippen LogP) is 1.38. The van der Waals surface area contributed by atoms with Gasteiger partial charge in [0, 0.05) is 12.3 Å². The molecule has 1 aromatic rings. The van der Waals surface area contributed by atoms with Crippen molar-refractivity contribution in [2.45, 2.75) is 30.2 Å². The molecule has 0 amide bonds. The molecule has 1 aliphatic carbocycles. The summed E-state index contributed by atoms with van der Waals surface area (Å²) in [5, 5.41) is 3.43. The van der Waals surface area contributed by atoms with Crippen molar-refractivity contribution in [1.29, 1.82) is 0 Å². The average Bonchev–Trinajstić information content (AvgIpc) is 3.01. The van der Waals surface area contributed by atoms with Crippen molar-refractivity contribution in [2.75, 3.05) is 12.8 Å². The van der Waals surface area contributed by atoms with Gasteiger partial charge in [0.25, 0.3) is 0 Å². The van der Waals surface area contributed by atoms with Crippen LogP contribution in [-0.2, 0) is 16.3 Å². The highest BCUT2D eigenvalue weighted by Crippen LogP contribution is 2.18. The van der Waals surface area contributed by atoms with Gasteiger partial charge >= 0.3 is 0 Å². The maximum absolute atomic E-state index is 11.2. The van der Waals surface area contributed by atoms with Crippen LogP contribution in [0.3, 0.4) is 0 Å². The van der Waals surface area contributed by atoms with E-state index in [9.17, 15) is 8.42 Å². The minimum Gasteiger partial charge on any atom is -0.314 e. The summed E-state index contributed by atoms with van der Waals surface area (Å²) in [6.07, 6.45) is 4.79. The second-order valence-electron chi connectivity index (χ2n) is 4.39. The smallest absolute Gasteiger partial charge is 0.175 e. The van der Waals surface area contributed by atoms with Gasteiger partial charge in [-0.1, -0.05) is 12.1 Å². The highest BCUT2D eigenvalue weighted by atomic mass is 32.2. The molecule has 1 N–H and O–H groups in total. The molecule has 4 heteroatoms. The third-order valence-corrected chi connectivity index (χ3v) is 3.90. The normalized spacial score (nSPS) is 16.3. The first-order valence-corrected chi connectivity index (χ1v) is 7.47. The van der Waals surface area contributed by atoms with Crippen LogP contribution in [-0.4, -0.2) is 27.3 Å². The molecule has 0 bridgehead atoms. The molecule has 88 valence electrons. The van der Waals surface area contributed by atoms with Crippen LogP contribution in [0.1, 0.15) is 18.4 Å². The highest BCUT2D eigenvalue weighted by molar-refractivity contribution is 7.90. The molecule has 1 aromatic carbocycles. The van der Waals surface area contributed by atoms with Crippen molar-refractivity contribution in [2.24, 2.45) is 0 Å². The van der Waals surface area contributed by atoms with Crippen LogP contribution in [0, 0.1) is 0 Å². The van der Waals surface area contributed by atoms with E-state index in [4.69, 9.17) is 0 Å². The van der Waals surface area contributed by atoms with Gasteiger partial charge < -0.3 is 5.32 Å². The maximum Gasteiger partial charge on any atom is 0.175 e. The Hall–Kier alpha value is -0.870. The van der Waals surface area contributed by atoms with Gasteiger partial charge in [-0.15, -0.1) is 0 Å². The van der Waals surface area contributed by atoms with Gasteiger partial charge in [-0.25, -0.2) is 8.42 Å². The van der Waals surface area contributed by atoms with Gasteiger partial charge in [0.1, 0.15) is 0 Å². The molecule has 0 atom stereocenters. The Balaban J connectivity index is 1.90. The molecular formula is C12H17NO2S. The molecule has 0 radical (unpaired) electrons. The molecule has 0 aromatic heterocycles. The van der Waals surface area contributed by atoms with Crippen LogP contribution in [0.15, 0.2) is 29.2 Å². The molecule has 3 nitrogen and oxygen atoms in total. The third kappa shape index (κ3) is 3.32. The topological polar surface area (TPSA) is 46.2 Å². The lowest BCUT2D eigenvalue weighted by atomic mass is 10.1. The summed E-state index contributed by atoms with van der Waals surface area (Å²) in [4.78, 5) is 0.395. The van der Waals surface area contributed by atoms with Crippen LogP contribution in [0.5, 0.6) is 0 Å². The molecule has 0 unspecified atom stereocenters. The van der Waals surface area contributed by atoms with Gasteiger partial charge in [-0.3, -0.25) is 0 Å². The molecule has 0 saturated heterocycles. The highest BCUT2D eigenvalue weighted by Gasteiger charge is 2.19. The van der Waals surface area contributed by atoms with E-state index in [-0.39, 0.29) is 0 Å². The van der Waals surface area contributed by atoms with Crippen molar-refractivity contribution in [3.05, 3.63) is 29.8 Å². The molecule has 0 heterocycles. The van der Waals surface area contributed by atoms with Crippen LogP contribution in [0.25, 0.3) is 0 Å². The predicted molar refractivity (Wildman–Crippen MR) is 64.3 cm³/mol. The second-order valence-corrected chi connectivity index (χ2v) is 6.41. The minimum atomic E-state index is -3.06. The molecule has 0 spiro atoms. The first-order valence-electron chi connectivity index (χ1n) is 5.58. The molecule has 1 saturated carbocycles. The van der Waals surface area contributed by atoms with E-state index in [2.05, 4.69) is 5.32 Å². The third-order valence-electron chi connectivity index (χ3n) is 2.78. The molecular weight excluding hydrogens is 222 g/mol. The summed E-state index contributed by atoms with van der Waals surface area (Å²) in [7, 11) is -3.06. The zero-order chi connectivity index (χ0) is 11.6. The van der Waals surface area contributed by atoms with E-state index < -0.39 is 9.84 Å². The van der Waals surface area contributed by atoms with E-state index in [1.54, 1.807) is 12.1 Å². The zero-order valence-electron chi connectivity index (χ0n) is 9.44. The monoisotopic (exact) mass is 239 g/mol. The van der Waals surface area contributed by atoms with E-state index in [1.165, 1.54) is 24.7 Å². The SMILES string of the molecule is CS(=O)(=O)c1ccc(CCNC2CC2)cc1. The van der Waals surface area contributed by atoms with Crippen LogP contribution >= 0.6 is 0 Å². The Morgan fingerprint density at radius 1 is 1.25 bits per heavy atom. The lowest BCUT2D eigenvalue weighted by Crippen LogP contribution is -2.19. The fourth-order valence-electron chi connectivity index (χ4n) is 1.61. The largest absolute Gasteiger partial charge is 0.314 e. The molecule has 2 rings (SSSR count). The van der Waals surface area contributed by atoms with Crippen molar-refractivity contribution >= 4 is 9.84 Å². The standard InChI is InChI=1S/C12H17NO2S/c1-16(14,15)12-6-2-10(3-7-12)8-9-13-11-4-5-11/h2-3,6-7,11,13H,4-5,8-9H2,1H3.